The maximum atomic E-state index is 12.5. The molecule has 1 fully saturated rings. The lowest BCUT2D eigenvalue weighted by Crippen LogP contribution is -2.44. The molecule has 3 nitrogen and oxygen atoms in total. The van der Waals surface area contributed by atoms with Gasteiger partial charge in [0.05, 0.1) is 0 Å². The molecule has 0 amide bonds. The lowest BCUT2D eigenvalue weighted by Gasteiger charge is -2.35. The largest absolute Gasteiger partial charge is 0.481 e. The van der Waals surface area contributed by atoms with Crippen LogP contribution in [0.5, 0.6) is 0 Å². The van der Waals surface area contributed by atoms with E-state index < -0.39 is 24.6 Å². The second-order valence-corrected chi connectivity index (χ2v) is 5.31. The Morgan fingerprint density at radius 3 is 2.17 bits per heavy atom. The standard InChI is InChI=1S/C12H20F3NO2/c1-8(2)9-3-5-16(6-4-9)7-10(11(17)18)12(13,14)15/h8-10H,3-7H2,1-2H3,(H,17,18). The number of hydrogen-bond acceptors (Lipinski definition) is 2. The molecule has 1 N–H and O–H groups in total. The van der Waals surface area contributed by atoms with Crippen molar-refractivity contribution >= 4 is 5.97 Å². The fourth-order valence-corrected chi connectivity index (χ4v) is 2.38. The van der Waals surface area contributed by atoms with Gasteiger partial charge in [0, 0.05) is 6.54 Å². The highest BCUT2D eigenvalue weighted by molar-refractivity contribution is 5.71. The summed E-state index contributed by atoms with van der Waals surface area (Å²) >= 11 is 0. The van der Waals surface area contributed by atoms with Crippen LogP contribution >= 0.6 is 0 Å². The van der Waals surface area contributed by atoms with Crippen LogP contribution in [0.4, 0.5) is 13.2 Å². The highest BCUT2D eigenvalue weighted by atomic mass is 19.4. The van der Waals surface area contributed by atoms with Gasteiger partial charge in [0.2, 0.25) is 0 Å². The first-order chi connectivity index (χ1) is 8.21. The fourth-order valence-electron chi connectivity index (χ4n) is 2.38. The molecule has 1 unspecified atom stereocenters. The zero-order valence-electron chi connectivity index (χ0n) is 10.7. The SMILES string of the molecule is CC(C)C1CCN(CC(C(=O)O)C(F)(F)F)CC1. The zero-order chi connectivity index (χ0) is 13.9. The Kier molecular flexibility index (Phi) is 5.01. The van der Waals surface area contributed by atoms with Crippen molar-refractivity contribution in [3.05, 3.63) is 0 Å². The summed E-state index contributed by atoms with van der Waals surface area (Å²) in [5.74, 6) is -2.98. The van der Waals surface area contributed by atoms with E-state index >= 15 is 0 Å². The number of aliphatic carboxylic acids is 1. The summed E-state index contributed by atoms with van der Waals surface area (Å²) in [6.45, 7) is 4.90. The molecular weight excluding hydrogens is 247 g/mol. The molecule has 0 aromatic rings. The van der Waals surface area contributed by atoms with E-state index in [1.165, 1.54) is 0 Å². The van der Waals surface area contributed by atoms with Crippen LogP contribution in [0.15, 0.2) is 0 Å². The Bertz CT molecular complexity index is 284. The molecule has 0 radical (unpaired) electrons. The van der Waals surface area contributed by atoms with Gasteiger partial charge >= 0.3 is 12.1 Å². The van der Waals surface area contributed by atoms with Gasteiger partial charge in [-0.05, 0) is 37.8 Å². The van der Waals surface area contributed by atoms with Gasteiger partial charge in [-0.1, -0.05) is 13.8 Å². The monoisotopic (exact) mass is 267 g/mol. The molecule has 1 rings (SSSR count). The van der Waals surface area contributed by atoms with Crippen molar-refractivity contribution in [3.8, 4) is 0 Å². The molecule has 0 aromatic carbocycles. The number of nitrogens with zero attached hydrogens (tertiary/aromatic N) is 1. The summed E-state index contributed by atoms with van der Waals surface area (Å²) < 4.78 is 37.6. The number of carbonyl (C=O) groups is 1. The number of likely N-dealkylation sites (tertiary alicyclic amines) is 1. The molecule has 1 saturated heterocycles. The molecule has 106 valence electrons. The highest BCUT2D eigenvalue weighted by Gasteiger charge is 2.46. The van der Waals surface area contributed by atoms with Gasteiger partial charge in [-0.3, -0.25) is 4.79 Å². The van der Waals surface area contributed by atoms with E-state index in [2.05, 4.69) is 13.8 Å². The molecule has 1 aliphatic rings. The van der Waals surface area contributed by atoms with Gasteiger partial charge in [-0.2, -0.15) is 13.2 Å². The highest BCUT2D eigenvalue weighted by Crippen LogP contribution is 2.30. The van der Waals surface area contributed by atoms with Crippen LogP contribution in [-0.4, -0.2) is 41.8 Å². The number of carboxylic acid groups (broad SMARTS) is 1. The van der Waals surface area contributed by atoms with Gasteiger partial charge in [0.25, 0.3) is 0 Å². The lowest BCUT2D eigenvalue weighted by atomic mass is 9.86. The van der Waals surface area contributed by atoms with E-state index in [0.29, 0.717) is 24.9 Å². The van der Waals surface area contributed by atoms with E-state index in [4.69, 9.17) is 5.11 Å². The number of carboxylic acids is 1. The topological polar surface area (TPSA) is 40.5 Å². The molecule has 6 heteroatoms. The summed E-state index contributed by atoms with van der Waals surface area (Å²) in [7, 11) is 0. The summed E-state index contributed by atoms with van der Waals surface area (Å²) in [5.41, 5.74) is 0. The average Bonchev–Trinajstić information content (AvgIpc) is 2.24. The first-order valence-corrected chi connectivity index (χ1v) is 6.23. The van der Waals surface area contributed by atoms with E-state index in [0.717, 1.165) is 12.8 Å². The van der Waals surface area contributed by atoms with E-state index in [-0.39, 0.29) is 0 Å². The van der Waals surface area contributed by atoms with Gasteiger partial charge in [0.1, 0.15) is 0 Å². The fraction of sp³-hybridized carbons (Fsp3) is 0.917. The van der Waals surface area contributed by atoms with Crippen LogP contribution in [-0.2, 0) is 4.79 Å². The normalized spacial score (nSPS) is 21.2. The van der Waals surface area contributed by atoms with Crippen molar-refractivity contribution in [3.63, 3.8) is 0 Å². The van der Waals surface area contributed by atoms with Crippen LogP contribution < -0.4 is 0 Å². The molecule has 1 heterocycles. The predicted molar refractivity (Wildman–Crippen MR) is 61.2 cm³/mol. The Balaban J connectivity index is 2.51. The zero-order valence-corrected chi connectivity index (χ0v) is 10.7. The van der Waals surface area contributed by atoms with Crippen molar-refractivity contribution in [2.75, 3.05) is 19.6 Å². The van der Waals surface area contributed by atoms with Crippen LogP contribution in [0, 0.1) is 17.8 Å². The van der Waals surface area contributed by atoms with Gasteiger partial charge in [-0.15, -0.1) is 0 Å². The minimum atomic E-state index is -4.67. The number of hydrogen-bond donors (Lipinski definition) is 1. The maximum Gasteiger partial charge on any atom is 0.403 e. The molecular formula is C12H20F3NO2. The second kappa shape index (κ2) is 5.91. The molecule has 0 saturated carbocycles. The molecule has 0 aromatic heterocycles. The second-order valence-electron chi connectivity index (χ2n) is 5.31. The Hall–Kier alpha value is -0.780. The van der Waals surface area contributed by atoms with Gasteiger partial charge in [0.15, 0.2) is 5.92 Å². The van der Waals surface area contributed by atoms with Crippen LogP contribution in [0.25, 0.3) is 0 Å². The average molecular weight is 267 g/mol. The van der Waals surface area contributed by atoms with Crippen molar-refractivity contribution in [1.82, 2.24) is 4.90 Å². The first kappa shape index (κ1) is 15.3. The molecule has 1 atom stereocenters. The predicted octanol–water partition coefficient (Wildman–Crippen LogP) is 2.62. The minimum absolute atomic E-state index is 0.427. The van der Waals surface area contributed by atoms with Crippen LogP contribution in [0.1, 0.15) is 26.7 Å². The van der Waals surface area contributed by atoms with Crippen molar-refractivity contribution < 1.29 is 23.1 Å². The summed E-state index contributed by atoms with van der Waals surface area (Å²) in [6.07, 6.45) is -2.97. The maximum absolute atomic E-state index is 12.5. The third-order valence-corrected chi connectivity index (χ3v) is 3.71. The van der Waals surface area contributed by atoms with Crippen molar-refractivity contribution in [2.45, 2.75) is 32.9 Å². The van der Waals surface area contributed by atoms with E-state index in [1.54, 1.807) is 4.90 Å². The molecule has 1 aliphatic heterocycles. The Morgan fingerprint density at radius 1 is 1.33 bits per heavy atom. The summed E-state index contributed by atoms with van der Waals surface area (Å²) in [4.78, 5) is 12.3. The first-order valence-electron chi connectivity index (χ1n) is 6.23. The quantitative estimate of drug-likeness (QED) is 0.851. The Labute approximate surface area is 105 Å². The minimum Gasteiger partial charge on any atom is -0.481 e. The van der Waals surface area contributed by atoms with E-state index in [1.807, 2.05) is 0 Å². The number of piperidine rings is 1. The molecule has 0 spiro atoms. The molecule has 0 aliphatic carbocycles. The summed E-state index contributed by atoms with van der Waals surface area (Å²) in [5, 5.41) is 8.63. The number of alkyl halides is 3. The van der Waals surface area contributed by atoms with Crippen molar-refractivity contribution in [1.29, 1.82) is 0 Å². The van der Waals surface area contributed by atoms with Crippen LogP contribution in [0.2, 0.25) is 0 Å². The lowest BCUT2D eigenvalue weighted by molar-refractivity contribution is -0.197. The smallest absolute Gasteiger partial charge is 0.403 e. The van der Waals surface area contributed by atoms with E-state index in [9.17, 15) is 18.0 Å². The van der Waals surface area contributed by atoms with Crippen molar-refractivity contribution in [2.24, 2.45) is 17.8 Å². The van der Waals surface area contributed by atoms with Gasteiger partial charge in [-0.25, -0.2) is 0 Å². The number of rotatable bonds is 4. The third kappa shape index (κ3) is 4.15. The molecule has 18 heavy (non-hydrogen) atoms. The van der Waals surface area contributed by atoms with Gasteiger partial charge < -0.3 is 10.0 Å². The third-order valence-electron chi connectivity index (χ3n) is 3.71. The molecule has 0 bridgehead atoms. The summed E-state index contributed by atoms with van der Waals surface area (Å²) in [6, 6.07) is 0. The number of halogens is 3. The van der Waals surface area contributed by atoms with Crippen LogP contribution in [0.3, 0.4) is 0 Å². The Morgan fingerprint density at radius 2 is 1.83 bits per heavy atom.